The Morgan fingerprint density at radius 1 is 0.957 bits per heavy atom. The minimum absolute atomic E-state index is 0.00418. The van der Waals surface area contributed by atoms with Crippen molar-refractivity contribution in [3.05, 3.63) is 89.6 Å². The normalized spacial score (nSPS) is 10.3. The van der Waals surface area contributed by atoms with Crippen LogP contribution in [-0.4, -0.2) is 17.8 Å². The van der Waals surface area contributed by atoms with Crippen LogP contribution in [0, 0.1) is 6.92 Å². The predicted molar refractivity (Wildman–Crippen MR) is 93.4 cm³/mol. The molecule has 0 spiro atoms. The van der Waals surface area contributed by atoms with Crippen molar-refractivity contribution in [2.75, 3.05) is 11.9 Å². The van der Waals surface area contributed by atoms with Crippen molar-refractivity contribution in [3.8, 4) is 0 Å². The van der Waals surface area contributed by atoms with Crippen molar-refractivity contribution < 1.29 is 4.79 Å². The molecule has 0 aliphatic carbocycles. The van der Waals surface area contributed by atoms with Crippen molar-refractivity contribution in [1.29, 1.82) is 0 Å². The van der Waals surface area contributed by atoms with Crippen LogP contribution < -0.4 is 4.90 Å². The van der Waals surface area contributed by atoms with Gasteiger partial charge >= 0.3 is 0 Å². The molecule has 0 aliphatic heterocycles. The zero-order valence-corrected chi connectivity index (χ0v) is 13.2. The Hall–Kier alpha value is -2.94. The van der Waals surface area contributed by atoms with Crippen molar-refractivity contribution in [2.45, 2.75) is 6.92 Å². The summed E-state index contributed by atoms with van der Waals surface area (Å²) in [6.07, 6.45) is 1.67. The summed E-state index contributed by atoms with van der Waals surface area (Å²) >= 11 is 0. The van der Waals surface area contributed by atoms with Crippen LogP contribution in [0.3, 0.4) is 0 Å². The van der Waals surface area contributed by atoms with Crippen LogP contribution in [0.4, 0.5) is 11.5 Å². The number of ketones is 1. The topological polar surface area (TPSA) is 33.2 Å². The number of carbonyl (C=O) groups excluding carboxylic acids is 1. The second-order valence-electron chi connectivity index (χ2n) is 5.45. The summed E-state index contributed by atoms with van der Waals surface area (Å²) < 4.78 is 0. The average molecular weight is 302 g/mol. The molecule has 0 unspecified atom stereocenters. The molecule has 0 aliphatic rings. The van der Waals surface area contributed by atoms with Gasteiger partial charge in [0.15, 0.2) is 5.78 Å². The number of aromatic nitrogens is 1. The van der Waals surface area contributed by atoms with Gasteiger partial charge in [-0.15, -0.1) is 0 Å². The minimum Gasteiger partial charge on any atom is -0.329 e. The predicted octanol–water partition coefficient (Wildman–Crippen LogP) is 4.39. The van der Waals surface area contributed by atoms with E-state index in [1.807, 2.05) is 85.6 Å². The second kappa shape index (κ2) is 6.44. The molecule has 3 heteroatoms. The molecule has 0 amide bonds. The van der Waals surface area contributed by atoms with Crippen molar-refractivity contribution in [3.63, 3.8) is 0 Å². The lowest BCUT2D eigenvalue weighted by Crippen LogP contribution is -2.13. The molecule has 3 aromatic rings. The lowest BCUT2D eigenvalue weighted by atomic mass is 10.0. The number of para-hydroxylation sites is 1. The highest BCUT2D eigenvalue weighted by molar-refractivity contribution is 6.09. The Labute approximate surface area is 136 Å². The van der Waals surface area contributed by atoms with Gasteiger partial charge in [-0.05, 0) is 30.7 Å². The third-order valence-corrected chi connectivity index (χ3v) is 3.86. The van der Waals surface area contributed by atoms with Crippen LogP contribution in [0.2, 0.25) is 0 Å². The van der Waals surface area contributed by atoms with Gasteiger partial charge in [-0.2, -0.15) is 0 Å². The molecule has 0 bridgehead atoms. The van der Waals surface area contributed by atoms with Gasteiger partial charge in [0.05, 0.1) is 0 Å². The Morgan fingerprint density at radius 3 is 2.17 bits per heavy atom. The fraction of sp³-hybridized carbons (Fsp3) is 0.100. The first kappa shape index (κ1) is 15.0. The Kier molecular flexibility index (Phi) is 4.20. The lowest BCUT2D eigenvalue weighted by molar-refractivity contribution is 0.103. The van der Waals surface area contributed by atoms with Crippen LogP contribution in [0.25, 0.3) is 0 Å². The van der Waals surface area contributed by atoms with E-state index in [4.69, 9.17) is 0 Å². The van der Waals surface area contributed by atoms with Gasteiger partial charge in [-0.1, -0.05) is 48.5 Å². The largest absolute Gasteiger partial charge is 0.329 e. The van der Waals surface area contributed by atoms with Crippen LogP contribution in [-0.2, 0) is 0 Å². The number of anilines is 2. The van der Waals surface area contributed by atoms with Crippen LogP contribution in [0.1, 0.15) is 21.5 Å². The summed E-state index contributed by atoms with van der Waals surface area (Å²) in [4.78, 5) is 19.0. The van der Waals surface area contributed by atoms with Crippen molar-refractivity contribution in [2.24, 2.45) is 0 Å². The number of benzene rings is 2. The first-order valence-corrected chi connectivity index (χ1v) is 7.52. The maximum atomic E-state index is 12.6. The molecular weight excluding hydrogens is 284 g/mol. The first-order valence-electron chi connectivity index (χ1n) is 7.52. The lowest BCUT2D eigenvalue weighted by Gasteiger charge is -2.19. The molecule has 0 radical (unpaired) electrons. The van der Waals surface area contributed by atoms with Gasteiger partial charge in [0.25, 0.3) is 0 Å². The number of aryl methyl sites for hydroxylation is 1. The number of pyridine rings is 1. The number of carbonyl (C=O) groups is 1. The number of hydrogen-bond donors (Lipinski definition) is 0. The number of nitrogens with zero attached hydrogens (tertiary/aromatic N) is 2. The molecule has 3 rings (SSSR count). The van der Waals surface area contributed by atoms with E-state index < -0.39 is 0 Å². The smallest absolute Gasteiger partial charge is 0.194 e. The molecule has 0 saturated carbocycles. The standard InChI is InChI=1S/C20H18N2O/c1-15-13-19(22(2)17-11-7-4-8-12-17)21-14-18(15)20(23)16-9-5-3-6-10-16/h3-14H,1-2H3. The zero-order chi connectivity index (χ0) is 16.2. The average Bonchev–Trinajstić information content (AvgIpc) is 2.62. The van der Waals surface area contributed by atoms with E-state index in [-0.39, 0.29) is 5.78 Å². The number of hydrogen-bond acceptors (Lipinski definition) is 3. The third-order valence-electron chi connectivity index (χ3n) is 3.86. The fourth-order valence-electron chi connectivity index (χ4n) is 2.49. The highest BCUT2D eigenvalue weighted by Gasteiger charge is 2.14. The van der Waals surface area contributed by atoms with E-state index in [0.717, 1.165) is 17.1 Å². The summed E-state index contributed by atoms with van der Waals surface area (Å²) in [6, 6.07) is 21.3. The van der Waals surface area contributed by atoms with Gasteiger partial charge in [0, 0.05) is 30.1 Å². The zero-order valence-electron chi connectivity index (χ0n) is 13.2. The first-order chi connectivity index (χ1) is 11.2. The third kappa shape index (κ3) is 3.14. The summed E-state index contributed by atoms with van der Waals surface area (Å²) in [7, 11) is 1.97. The molecule has 23 heavy (non-hydrogen) atoms. The fourth-order valence-corrected chi connectivity index (χ4v) is 2.49. The maximum Gasteiger partial charge on any atom is 0.194 e. The monoisotopic (exact) mass is 302 g/mol. The number of rotatable bonds is 4. The minimum atomic E-state index is 0.00418. The molecule has 0 atom stereocenters. The van der Waals surface area contributed by atoms with E-state index >= 15 is 0 Å². The van der Waals surface area contributed by atoms with Gasteiger partial charge < -0.3 is 4.90 Å². The summed E-state index contributed by atoms with van der Waals surface area (Å²) in [5, 5.41) is 0. The van der Waals surface area contributed by atoms with E-state index in [1.165, 1.54) is 0 Å². The van der Waals surface area contributed by atoms with Gasteiger partial charge in [0.2, 0.25) is 0 Å². The SMILES string of the molecule is Cc1cc(N(C)c2ccccc2)ncc1C(=O)c1ccccc1. The Balaban J connectivity index is 1.91. The molecule has 2 aromatic carbocycles. The van der Waals surface area contributed by atoms with Crippen molar-refractivity contribution in [1.82, 2.24) is 4.98 Å². The van der Waals surface area contributed by atoms with Gasteiger partial charge in [0.1, 0.15) is 5.82 Å². The summed E-state index contributed by atoms with van der Waals surface area (Å²) in [5.74, 6) is 0.822. The van der Waals surface area contributed by atoms with E-state index in [9.17, 15) is 4.79 Å². The van der Waals surface area contributed by atoms with Gasteiger partial charge in [-0.25, -0.2) is 4.98 Å². The van der Waals surface area contributed by atoms with E-state index in [1.54, 1.807) is 6.20 Å². The molecule has 1 heterocycles. The molecule has 0 fully saturated rings. The molecule has 0 saturated heterocycles. The molecule has 1 aromatic heterocycles. The highest BCUT2D eigenvalue weighted by atomic mass is 16.1. The summed E-state index contributed by atoms with van der Waals surface area (Å²) in [6.45, 7) is 1.94. The van der Waals surface area contributed by atoms with Gasteiger partial charge in [-0.3, -0.25) is 4.79 Å². The van der Waals surface area contributed by atoms with E-state index in [0.29, 0.717) is 11.1 Å². The summed E-state index contributed by atoms with van der Waals surface area (Å²) in [5.41, 5.74) is 3.30. The molecule has 0 N–H and O–H groups in total. The Bertz CT molecular complexity index is 814. The second-order valence-corrected chi connectivity index (χ2v) is 5.45. The molecule has 114 valence electrons. The van der Waals surface area contributed by atoms with Crippen LogP contribution in [0.5, 0.6) is 0 Å². The maximum absolute atomic E-state index is 12.6. The highest BCUT2D eigenvalue weighted by Crippen LogP contribution is 2.23. The van der Waals surface area contributed by atoms with E-state index in [2.05, 4.69) is 4.98 Å². The molecular formula is C20H18N2O. The van der Waals surface area contributed by atoms with Crippen LogP contribution >= 0.6 is 0 Å². The van der Waals surface area contributed by atoms with Crippen LogP contribution in [0.15, 0.2) is 72.9 Å². The molecule has 3 nitrogen and oxygen atoms in total. The van der Waals surface area contributed by atoms with Crippen molar-refractivity contribution >= 4 is 17.3 Å². The quantitative estimate of drug-likeness (QED) is 0.670. The Morgan fingerprint density at radius 2 is 1.57 bits per heavy atom.